The molecule has 0 amide bonds. The molecule has 1 unspecified atom stereocenters. The van der Waals surface area contributed by atoms with Crippen LogP contribution in [0.2, 0.25) is 0 Å². The molecule has 3 heteroatoms. The van der Waals surface area contributed by atoms with Crippen LogP contribution < -0.4 is 0 Å². The van der Waals surface area contributed by atoms with Crippen molar-refractivity contribution in [2.24, 2.45) is 5.41 Å². The third-order valence-corrected chi connectivity index (χ3v) is 2.66. The van der Waals surface area contributed by atoms with Gasteiger partial charge >= 0.3 is 5.97 Å². The Morgan fingerprint density at radius 1 is 1.79 bits per heavy atom. The molecule has 0 aromatic heterocycles. The Morgan fingerprint density at radius 2 is 2.50 bits per heavy atom. The number of carbonyl (C=O) groups excluding carboxylic acids is 1. The van der Waals surface area contributed by atoms with Crippen LogP contribution in [0.25, 0.3) is 0 Å². The van der Waals surface area contributed by atoms with Crippen LogP contribution >= 0.6 is 0 Å². The third kappa shape index (κ3) is 2.14. The molecule has 1 aliphatic carbocycles. The van der Waals surface area contributed by atoms with E-state index in [1.807, 2.05) is 6.92 Å². The lowest BCUT2D eigenvalue weighted by molar-refractivity contribution is -0.137. The SMILES string of the molecule is CCOC(=O)/C=C1/CCCC1(C)C#N. The predicted octanol–water partition coefficient (Wildman–Crippen LogP) is 2.19. The number of rotatable bonds is 2. The van der Waals surface area contributed by atoms with E-state index >= 15 is 0 Å². The van der Waals surface area contributed by atoms with Gasteiger partial charge in [-0.1, -0.05) is 0 Å². The summed E-state index contributed by atoms with van der Waals surface area (Å²) in [6.45, 7) is 4.03. The zero-order valence-electron chi connectivity index (χ0n) is 8.67. The van der Waals surface area contributed by atoms with E-state index in [4.69, 9.17) is 10.00 Å². The molecule has 0 spiro atoms. The summed E-state index contributed by atoms with van der Waals surface area (Å²) in [4.78, 5) is 11.2. The number of carbonyl (C=O) groups is 1. The molecule has 0 aromatic rings. The second kappa shape index (κ2) is 4.28. The zero-order valence-corrected chi connectivity index (χ0v) is 8.67. The lowest BCUT2D eigenvalue weighted by Gasteiger charge is -2.15. The molecule has 0 radical (unpaired) electrons. The molecule has 1 saturated carbocycles. The van der Waals surface area contributed by atoms with Crippen molar-refractivity contribution in [3.63, 3.8) is 0 Å². The van der Waals surface area contributed by atoms with E-state index in [1.54, 1.807) is 6.92 Å². The first-order valence-corrected chi connectivity index (χ1v) is 4.91. The van der Waals surface area contributed by atoms with Crippen molar-refractivity contribution >= 4 is 5.97 Å². The molecule has 0 saturated heterocycles. The van der Waals surface area contributed by atoms with E-state index in [0.717, 1.165) is 24.8 Å². The van der Waals surface area contributed by atoms with E-state index in [-0.39, 0.29) is 5.97 Å². The van der Waals surface area contributed by atoms with Crippen LogP contribution in [-0.4, -0.2) is 12.6 Å². The average Bonchev–Trinajstić information content (AvgIpc) is 2.49. The minimum Gasteiger partial charge on any atom is -0.463 e. The summed E-state index contributed by atoms with van der Waals surface area (Å²) in [5, 5.41) is 9.00. The lowest BCUT2D eigenvalue weighted by Crippen LogP contribution is -2.12. The minimum absolute atomic E-state index is 0.328. The van der Waals surface area contributed by atoms with Gasteiger partial charge in [0.15, 0.2) is 0 Å². The van der Waals surface area contributed by atoms with Gasteiger partial charge in [-0.2, -0.15) is 5.26 Å². The normalized spacial score (nSPS) is 28.8. The van der Waals surface area contributed by atoms with Crippen LogP contribution in [0, 0.1) is 16.7 Å². The highest BCUT2D eigenvalue weighted by molar-refractivity contribution is 5.83. The van der Waals surface area contributed by atoms with Crippen LogP contribution in [0.4, 0.5) is 0 Å². The van der Waals surface area contributed by atoms with Crippen LogP contribution in [-0.2, 0) is 9.53 Å². The van der Waals surface area contributed by atoms with Gasteiger partial charge < -0.3 is 4.74 Å². The Hall–Kier alpha value is -1.30. The fourth-order valence-electron chi connectivity index (χ4n) is 1.75. The van der Waals surface area contributed by atoms with Crippen molar-refractivity contribution in [3.05, 3.63) is 11.6 Å². The fraction of sp³-hybridized carbons (Fsp3) is 0.636. The molecular formula is C11H15NO2. The summed E-state index contributed by atoms with van der Waals surface area (Å²) < 4.78 is 4.82. The number of allylic oxidation sites excluding steroid dienone is 1. The Bertz CT molecular complexity index is 301. The molecule has 0 heterocycles. The average molecular weight is 193 g/mol. The number of hydrogen-bond acceptors (Lipinski definition) is 3. The maximum absolute atomic E-state index is 11.2. The minimum atomic E-state index is -0.452. The molecule has 14 heavy (non-hydrogen) atoms. The van der Waals surface area contributed by atoms with E-state index in [0.29, 0.717) is 6.61 Å². The number of ether oxygens (including phenoxy) is 1. The highest BCUT2D eigenvalue weighted by atomic mass is 16.5. The summed E-state index contributed by atoms with van der Waals surface area (Å²) in [5.74, 6) is -0.328. The van der Waals surface area contributed by atoms with Crippen LogP contribution in [0.3, 0.4) is 0 Å². The Morgan fingerprint density at radius 3 is 3.07 bits per heavy atom. The van der Waals surface area contributed by atoms with Crippen molar-refractivity contribution in [2.75, 3.05) is 6.61 Å². The smallest absolute Gasteiger partial charge is 0.330 e. The molecular weight excluding hydrogens is 178 g/mol. The fourth-order valence-corrected chi connectivity index (χ4v) is 1.75. The van der Waals surface area contributed by atoms with Gasteiger partial charge in [-0.15, -0.1) is 0 Å². The topological polar surface area (TPSA) is 50.1 Å². The first-order chi connectivity index (χ1) is 6.62. The Labute approximate surface area is 84.4 Å². The molecule has 0 N–H and O–H groups in total. The van der Waals surface area contributed by atoms with E-state index in [9.17, 15) is 4.79 Å². The van der Waals surface area contributed by atoms with Gasteiger partial charge in [-0.3, -0.25) is 0 Å². The summed E-state index contributed by atoms with van der Waals surface area (Å²) >= 11 is 0. The molecule has 0 aromatic carbocycles. The summed E-state index contributed by atoms with van der Waals surface area (Å²) in [6.07, 6.45) is 4.15. The summed E-state index contributed by atoms with van der Waals surface area (Å²) in [6, 6.07) is 2.26. The van der Waals surface area contributed by atoms with Gasteiger partial charge in [-0.05, 0) is 38.7 Å². The standard InChI is InChI=1S/C11H15NO2/c1-3-14-10(13)7-9-5-4-6-11(9,2)8-12/h7H,3-6H2,1-2H3/b9-7-. The first-order valence-electron chi connectivity index (χ1n) is 4.91. The van der Waals surface area contributed by atoms with Crippen molar-refractivity contribution < 1.29 is 9.53 Å². The molecule has 0 aliphatic heterocycles. The molecule has 3 nitrogen and oxygen atoms in total. The highest BCUT2D eigenvalue weighted by Gasteiger charge is 2.34. The van der Waals surface area contributed by atoms with E-state index in [2.05, 4.69) is 6.07 Å². The summed E-state index contributed by atoms with van der Waals surface area (Å²) in [5.41, 5.74) is 0.464. The van der Waals surface area contributed by atoms with Gasteiger partial charge in [-0.25, -0.2) is 4.79 Å². The van der Waals surface area contributed by atoms with Gasteiger partial charge in [0.25, 0.3) is 0 Å². The molecule has 0 bridgehead atoms. The first kappa shape index (κ1) is 10.8. The lowest BCUT2D eigenvalue weighted by atomic mass is 9.86. The number of nitrogens with zero attached hydrogens (tertiary/aromatic N) is 1. The van der Waals surface area contributed by atoms with Gasteiger partial charge in [0.2, 0.25) is 0 Å². The molecule has 1 aliphatic rings. The Balaban J connectivity index is 2.77. The van der Waals surface area contributed by atoms with Crippen LogP contribution in [0.1, 0.15) is 33.1 Å². The van der Waals surface area contributed by atoms with Gasteiger partial charge in [0.05, 0.1) is 18.1 Å². The van der Waals surface area contributed by atoms with Crippen LogP contribution in [0.15, 0.2) is 11.6 Å². The largest absolute Gasteiger partial charge is 0.463 e. The van der Waals surface area contributed by atoms with Crippen molar-refractivity contribution in [1.82, 2.24) is 0 Å². The maximum atomic E-state index is 11.2. The third-order valence-electron chi connectivity index (χ3n) is 2.66. The van der Waals surface area contributed by atoms with E-state index in [1.165, 1.54) is 6.08 Å². The van der Waals surface area contributed by atoms with E-state index < -0.39 is 5.41 Å². The Kier molecular flexibility index (Phi) is 3.29. The monoisotopic (exact) mass is 193 g/mol. The summed E-state index contributed by atoms with van der Waals surface area (Å²) in [7, 11) is 0. The molecule has 1 atom stereocenters. The molecule has 1 rings (SSSR count). The maximum Gasteiger partial charge on any atom is 0.330 e. The molecule has 76 valence electrons. The van der Waals surface area contributed by atoms with Crippen molar-refractivity contribution in [3.8, 4) is 6.07 Å². The second-order valence-corrected chi connectivity index (χ2v) is 3.72. The predicted molar refractivity (Wildman–Crippen MR) is 52.3 cm³/mol. The zero-order chi connectivity index (χ0) is 10.6. The number of nitriles is 1. The highest BCUT2D eigenvalue weighted by Crippen LogP contribution is 2.41. The quantitative estimate of drug-likeness (QED) is 0.499. The van der Waals surface area contributed by atoms with Crippen molar-refractivity contribution in [1.29, 1.82) is 5.26 Å². The van der Waals surface area contributed by atoms with Gasteiger partial charge in [0.1, 0.15) is 0 Å². The molecule has 1 fully saturated rings. The number of hydrogen-bond donors (Lipinski definition) is 0. The van der Waals surface area contributed by atoms with Crippen LogP contribution in [0.5, 0.6) is 0 Å². The van der Waals surface area contributed by atoms with Gasteiger partial charge in [0, 0.05) is 6.08 Å². The number of esters is 1. The van der Waals surface area contributed by atoms with Crippen molar-refractivity contribution in [2.45, 2.75) is 33.1 Å². The second-order valence-electron chi connectivity index (χ2n) is 3.72.